The molecule has 1 heterocycles. The zero-order chi connectivity index (χ0) is 14.4. The molecule has 0 radical (unpaired) electrons. The highest BCUT2D eigenvalue weighted by Gasteiger charge is 2.21. The van der Waals surface area contributed by atoms with Gasteiger partial charge in [0.05, 0.1) is 26.6 Å². The van der Waals surface area contributed by atoms with Gasteiger partial charge in [-0.1, -0.05) is 30.3 Å². The Morgan fingerprint density at radius 2 is 1.80 bits per heavy atom. The number of ether oxygens (including phenoxy) is 2. The first-order chi connectivity index (χ1) is 9.74. The van der Waals surface area contributed by atoms with Crippen molar-refractivity contribution in [3.63, 3.8) is 0 Å². The summed E-state index contributed by atoms with van der Waals surface area (Å²) in [5, 5.41) is 2.94. The number of hydrogen-bond donors (Lipinski definition) is 1. The van der Waals surface area contributed by atoms with Crippen molar-refractivity contribution in [3.8, 4) is 5.75 Å². The van der Waals surface area contributed by atoms with Crippen LogP contribution in [0.2, 0.25) is 0 Å². The zero-order valence-corrected chi connectivity index (χ0v) is 11.2. The molecule has 0 aliphatic heterocycles. The molecule has 0 fully saturated rings. The van der Waals surface area contributed by atoms with Crippen LogP contribution in [0.15, 0.2) is 42.7 Å². The van der Waals surface area contributed by atoms with E-state index in [1.807, 2.05) is 30.3 Å². The van der Waals surface area contributed by atoms with Gasteiger partial charge in [0.25, 0.3) is 0 Å². The van der Waals surface area contributed by atoms with Gasteiger partial charge in [-0.2, -0.15) is 0 Å². The van der Waals surface area contributed by atoms with Crippen molar-refractivity contribution >= 4 is 11.9 Å². The zero-order valence-electron chi connectivity index (χ0n) is 11.2. The first-order valence-electron chi connectivity index (χ1n) is 6.00. The molecule has 0 saturated heterocycles. The monoisotopic (exact) mass is 273 g/mol. The Labute approximate surface area is 116 Å². The lowest BCUT2D eigenvalue weighted by molar-refractivity contribution is -0.141. The van der Waals surface area contributed by atoms with Crippen molar-refractivity contribution in [2.45, 2.75) is 6.04 Å². The number of esters is 1. The molecular formula is C14H15N3O3. The van der Waals surface area contributed by atoms with Crippen LogP contribution in [0.4, 0.5) is 5.95 Å². The first kappa shape index (κ1) is 13.8. The number of anilines is 1. The summed E-state index contributed by atoms with van der Waals surface area (Å²) in [5.41, 5.74) is 0.777. The van der Waals surface area contributed by atoms with Crippen molar-refractivity contribution in [3.05, 3.63) is 48.3 Å². The predicted molar refractivity (Wildman–Crippen MR) is 73.4 cm³/mol. The average Bonchev–Trinajstić information content (AvgIpc) is 2.53. The van der Waals surface area contributed by atoms with Crippen LogP contribution in [0.3, 0.4) is 0 Å². The number of carbonyl (C=O) groups is 1. The van der Waals surface area contributed by atoms with Crippen LogP contribution >= 0.6 is 0 Å². The molecule has 0 saturated carbocycles. The highest BCUT2D eigenvalue weighted by atomic mass is 16.5. The van der Waals surface area contributed by atoms with Crippen LogP contribution in [-0.2, 0) is 9.53 Å². The summed E-state index contributed by atoms with van der Waals surface area (Å²) in [6, 6.07) is 8.58. The number of methoxy groups -OCH3 is 2. The van der Waals surface area contributed by atoms with E-state index in [1.54, 1.807) is 0 Å². The van der Waals surface area contributed by atoms with Crippen molar-refractivity contribution < 1.29 is 14.3 Å². The van der Waals surface area contributed by atoms with Gasteiger partial charge in [-0.25, -0.2) is 14.8 Å². The molecule has 0 aliphatic carbocycles. The Bertz CT molecular complexity index is 558. The summed E-state index contributed by atoms with van der Waals surface area (Å²) in [4.78, 5) is 20.0. The minimum absolute atomic E-state index is 0.324. The number of nitrogens with one attached hydrogen (secondary N) is 1. The molecule has 1 unspecified atom stereocenters. The van der Waals surface area contributed by atoms with E-state index >= 15 is 0 Å². The molecule has 0 amide bonds. The SMILES string of the molecule is COC(=O)C(Nc1ncc(OC)cn1)c1ccccc1. The Hall–Kier alpha value is -2.63. The summed E-state index contributed by atoms with van der Waals surface area (Å²) in [6.07, 6.45) is 3.04. The third-order valence-electron chi connectivity index (χ3n) is 2.71. The third-order valence-corrected chi connectivity index (χ3v) is 2.71. The van der Waals surface area contributed by atoms with Crippen LogP contribution in [0.25, 0.3) is 0 Å². The van der Waals surface area contributed by atoms with Gasteiger partial charge in [0.1, 0.15) is 0 Å². The molecule has 1 aromatic carbocycles. The summed E-state index contributed by atoms with van der Waals surface area (Å²) in [7, 11) is 2.88. The molecule has 6 nitrogen and oxygen atoms in total. The normalized spacial score (nSPS) is 11.5. The maximum atomic E-state index is 11.9. The highest BCUT2D eigenvalue weighted by Crippen LogP contribution is 2.19. The van der Waals surface area contributed by atoms with Gasteiger partial charge in [-0.05, 0) is 5.56 Å². The Kier molecular flexibility index (Phi) is 4.49. The first-order valence-corrected chi connectivity index (χ1v) is 6.00. The molecule has 1 atom stereocenters. The second kappa shape index (κ2) is 6.51. The number of rotatable bonds is 5. The Morgan fingerprint density at radius 1 is 1.15 bits per heavy atom. The molecule has 2 aromatic rings. The fourth-order valence-electron chi connectivity index (χ4n) is 1.67. The summed E-state index contributed by atoms with van der Waals surface area (Å²) >= 11 is 0. The number of aromatic nitrogens is 2. The van der Waals surface area contributed by atoms with E-state index < -0.39 is 12.0 Å². The van der Waals surface area contributed by atoms with Gasteiger partial charge in [0, 0.05) is 0 Å². The van der Waals surface area contributed by atoms with Gasteiger partial charge in [0.2, 0.25) is 5.95 Å². The maximum absolute atomic E-state index is 11.9. The molecule has 0 aliphatic rings. The van der Waals surface area contributed by atoms with E-state index in [0.29, 0.717) is 11.7 Å². The van der Waals surface area contributed by atoms with E-state index in [0.717, 1.165) is 5.56 Å². The van der Waals surface area contributed by atoms with Crippen LogP contribution in [0.1, 0.15) is 11.6 Å². The maximum Gasteiger partial charge on any atom is 0.333 e. The smallest absolute Gasteiger partial charge is 0.333 e. The second-order valence-electron chi connectivity index (χ2n) is 3.96. The standard InChI is InChI=1S/C14H15N3O3/c1-19-11-8-15-14(16-9-11)17-12(13(18)20-2)10-6-4-3-5-7-10/h3-9,12H,1-2H3,(H,15,16,17). The van der Waals surface area contributed by atoms with Crippen molar-refractivity contribution in [1.82, 2.24) is 9.97 Å². The van der Waals surface area contributed by atoms with Gasteiger partial charge in [-0.3, -0.25) is 0 Å². The highest BCUT2D eigenvalue weighted by molar-refractivity contribution is 5.80. The minimum Gasteiger partial charge on any atom is -0.494 e. The summed E-state index contributed by atoms with van der Waals surface area (Å²) in [6.45, 7) is 0. The van der Waals surface area contributed by atoms with Crippen molar-refractivity contribution in [1.29, 1.82) is 0 Å². The van der Waals surface area contributed by atoms with Gasteiger partial charge < -0.3 is 14.8 Å². The van der Waals surface area contributed by atoms with Crippen LogP contribution in [0, 0.1) is 0 Å². The van der Waals surface area contributed by atoms with E-state index in [1.165, 1.54) is 26.6 Å². The lowest BCUT2D eigenvalue weighted by Crippen LogP contribution is -2.23. The van der Waals surface area contributed by atoms with Crippen LogP contribution in [0.5, 0.6) is 5.75 Å². The molecular weight excluding hydrogens is 258 g/mol. The molecule has 1 aromatic heterocycles. The average molecular weight is 273 g/mol. The molecule has 20 heavy (non-hydrogen) atoms. The quantitative estimate of drug-likeness (QED) is 0.838. The summed E-state index contributed by atoms with van der Waals surface area (Å²) < 4.78 is 9.79. The van der Waals surface area contributed by atoms with Gasteiger partial charge in [-0.15, -0.1) is 0 Å². The van der Waals surface area contributed by atoms with E-state index in [9.17, 15) is 4.79 Å². The van der Waals surface area contributed by atoms with E-state index in [2.05, 4.69) is 15.3 Å². The topological polar surface area (TPSA) is 73.3 Å². The van der Waals surface area contributed by atoms with Crippen molar-refractivity contribution in [2.75, 3.05) is 19.5 Å². The largest absolute Gasteiger partial charge is 0.494 e. The van der Waals surface area contributed by atoms with E-state index in [-0.39, 0.29) is 0 Å². The van der Waals surface area contributed by atoms with Crippen molar-refractivity contribution in [2.24, 2.45) is 0 Å². The molecule has 0 bridgehead atoms. The number of nitrogens with zero attached hydrogens (tertiary/aromatic N) is 2. The number of benzene rings is 1. The summed E-state index contributed by atoms with van der Waals surface area (Å²) in [5.74, 6) is 0.463. The lowest BCUT2D eigenvalue weighted by atomic mass is 10.1. The Morgan fingerprint density at radius 3 is 2.35 bits per heavy atom. The van der Waals surface area contributed by atoms with E-state index in [4.69, 9.17) is 9.47 Å². The number of hydrogen-bond acceptors (Lipinski definition) is 6. The molecule has 6 heteroatoms. The van der Waals surface area contributed by atoms with Crippen LogP contribution in [-0.4, -0.2) is 30.2 Å². The third kappa shape index (κ3) is 3.23. The molecule has 0 spiro atoms. The fourth-order valence-corrected chi connectivity index (χ4v) is 1.67. The van der Waals surface area contributed by atoms with Crippen LogP contribution < -0.4 is 10.1 Å². The van der Waals surface area contributed by atoms with Gasteiger partial charge in [0.15, 0.2) is 11.8 Å². The number of carbonyl (C=O) groups excluding carboxylic acids is 1. The molecule has 2 rings (SSSR count). The lowest BCUT2D eigenvalue weighted by Gasteiger charge is -2.16. The Balaban J connectivity index is 2.21. The fraction of sp³-hybridized carbons (Fsp3) is 0.214. The molecule has 104 valence electrons. The minimum atomic E-state index is -0.658. The second-order valence-corrected chi connectivity index (χ2v) is 3.96. The van der Waals surface area contributed by atoms with Gasteiger partial charge >= 0.3 is 5.97 Å². The molecule has 1 N–H and O–H groups in total. The predicted octanol–water partition coefficient (Wildman–Crippen LogP) is 1.81.